The first-order chi connectivity index (χ1) is 14.9. The van der Waals surface area contributed by atoms with Crippen molar-refractivity contribution in [2.24, 2.45) is 0 Å². The Bertz CT molecular complexity index is 1150. The molecule has 0 saturated carbocycles. The molecular weight excluding hydrogens is 415 g/mol. The van der Waals surface area contributed by atoms with Gasteiger partial charge < -0.3 is 10.6 Å². The molecule has 8 heteroatoms. The largest absolute Gasteiger partial charge is 0.326 e. The van der Waals surface area contributed by atoms with Crippen LogP contribution in [0.25, 0.3) is 0 Å². The zero-order valence-electron chi connectivity index (χ0n) is 17.1. The van der Waals surface area contributed by atoms with E-state index in [4.69, 9.17) is 0 Å². The molecule has 158 valence electrons. The van der Waals surface area contributed by atoms with Gasteiger partial charge in [0.05, 0.1) is 11.4 Å². The second kappa shape index (κ2) is 8.77. The van der Waals surface area contributed by atoms with E-state index in [0.29, 0.717) is 17.8 Å². The van der Waals surface area contributed by atoms with Crippen LogP contribution in [0.15, 0.2) is 59.6 Å². The van der Waals surface area contributed by atoms with Gasteiger partial charge in [0.15, 0.2) is 0 Å². The van der Waals surface area contributed by atoms with Crippen molar-refractivity contribution in [3.63, 3.8) is 0 Å². The Labute approximate surface area is 183 Å². The lowest BCUT2D eigenvalue weighted by Crippen LogP contribution is -2.39. The Morgan fingerprint density at radius 1 is 1.06 bits per heavy atom. The van der Waals surface area contributed by atoms with E-state index in [-0.39, 0.29) is 11.7 Å². The Morgan fingerprint density at radius 2 is 1.81 bits per heavy atom. The first kappa shape index (κ1) is 20.9. The first-order valence-corrected chi connectivity index (χ1v) is 10.8. The minimum Gasteiger partial charge on any atom is -0.319 e. The number of anilines is 3. The molecule has 31 heavy (non-hydrogen) atoms. The summed E-state index contributed by atoms with van der Waals surface area (Å²) in [6.07, 6.45) is 0. The second-order valence-electron chi connectivity index (χ2n) is 7.18. The summed E-state index contributed by atoms with van der Waals surface area (Å²) in [6, 6.07) is 14.2. The van der Waals surface area contributed by atoms with Crippen LogP contribution in [0.1, 0.15) is 21.6 Å². The molecule has 0 bridgehead atoms. The molecule has 0 spiro atoms. The van der Waals surface area contributed by atoms with E-state index in [9.17, 15) is 14.0 Å². The monoisotopic (exact) mass is 436 g/mol. The number of pyridine rings is 1. The van der Waals surface area contributed by atoms with Crippen LogP contribution in [0.5, 0.6) is 0 Å². The van der Waals surface area contributed by atoms with E-state index in [1.807, 2.05) is 19.9 Å². The number of benzene rings is 2. The molecule has 2 aromatic carbocycles. The summed E-state index contributed by atoms with van der Waals surface area (Å²) >= 11 is 1.65. The highest BCUT2D eigenvalue weighted by atomic mass is 32.2. The van der Waals surface area contributed by atoms with Gasteiger partial charge in [-0.3, -0.25) is 9.69 Å². The van der Waals surface area contributed by atoms with Gasteiger partial charge in [-0.15, -0.1) is 11.8 Å². The number of carbonyl (C=O) groups excluding carboxylic acids is 2. The third-order valence-electron chi connectivity index (χ3n) is 4.87. The topological polar surface area (TPSA) is 74.3 Å². The number of hydrogen-bond donors (Lipinski definition) is 2. The highest BCUT2D eigenvalue weighted by Gasteiger charge is 2.26. The molecule has 6 nitrogen and oxygen atoms in total. The van der Waals surface area contributed by atoms with Crippen molar-refractivity contribution in [3.05, 3.63) is 77.2 Å². The molecule has 1 aromatic heterocycles. The van der Waals surface area contributed by atoms with Crippen molar-refractivity contribution in [1.29, 1.82) is 0 Å². The molecule has 3 aromatic rings. The van der Waals surface area contributed by atoms with Gasteiger partial charge in [-0.1, -0.05) is 12.1 Å². The van der Waals surface area contributed by atoms with Crippen molar-refractivity contribution in [1.82, 2.24) is 4.98 Å². The third kappa shape index (κ3) is 4.54. The minimum atomic E-state index is -0.500. The molecule has 3 amide bonds. The van der Waals surface area contributed by atoms with Gasteiger partial charge in [0, 0.05) is 29.2 Å². The maximum Gasteiger partial charge on any atom is 0.326 e. The number of urea groups is 1. The summed E-state index contributed by atoms with van der Waals surface area (Å²) in [6.45, 7) is 4.50. The maximum atomic E-state index is 13.7. The smallest absolute Gasteiger partial charge is 0.319 e. The van der Waals surface area contributed by atoms with Crippen LogP contribution in [0.4, 0.5) is 26.2 Å². The molecule has 2 N–H and O–H groups in total. The lowest BCUT2D eigenvalue weighted by Gasteiger charge is -2.30. The molecule has 0 radical (unpaired) electrons. The predicted molar refractivity (Wildman–Crippen MR) is 122 cm³/mol. The zero-order chi connectivity index (χ0) is 22.0. The number of amides is 3. The summed E-state index contributed by atoms with van der Waals surface area (Å²) in [4.78, 5) is 31.5. The Morgan fingerprint density at radius 3 is 2.55 bits per heavy atom. The van der Waals surface area contributed by atoms with Crippen LogP contribution in [0.3, 0.4) is 0 Å². The average molecular weight is 437 g/mol. The quantitative estimate of drug-likeness (QED) is 0.589. The number of thioether (sulfide) groups is 1. The number of hydrogen-bond acceptors (Lipinski definition) is 4. The van der Waals surface area contributed by atoms with E-state index in [0.717, 1.165) is 27.7 Å². The fourth-order valence-electron chi connectivity index (χ4n) is 3.43. The molecule has 0 atom stereocenters. The molecule has 0 saturated heterocycles. The number of nitrogens with one attached hydrogen (secondary N) is 2. The summed E-state index contributed by atoms with van der Waals surface area (Å²) in [7, 11) is 0. The molecular formula is C23H21FN4O2S. The SMILES string of the molecule is Cc1cc(C)c2c(n1)SCCN2C(=O)Nc1ccc(C(=O)Nc2ccccc2F)cc1. The predicted octanol–water partition coefficient (Wildman–Crippen LogP) is 5.23. The molecule has 0 unspecified atom stereocenters. The summed E-state index contributed by atoms with van der Waals surface area (Å²) < 4.78 is 13.7. The van der Waals surface area contributed by atoms with Gasteiger partial charge in [0.25, 0.3) is 5.91 Å². The van der Waals surface area contributed by atoms with Crippen molar-refractivity contribution < 1.29 is 14.0 Å². The minimum absolute atomic E-state index is 0.116. The van der Waals surface area contributed by atoms with E-state index in [2.05, 4.69) is 15.6 Å². The van der Waals surface area contributed by atoms with Crippen molar-refractivity contribution in [3.8, 4) is 0 Å². The van der Waals surface area contributed by atoms with E-state index < -0.39 is 11.7 Å². The van der Waals surface area contributed by atoms with Gasteiger partial charge in [-0.05, 0) is 61.9 Å². The van der Waals surface area contributed by atoms with Crippen LogP contribution in [-0.4, -0.2) is 29.2 Å². The number of fused-ring (bicyclic) bond motifs is 1. The average Bonchev–Trinajstić information content (AvgIpc) is 2.75. The normalized spacial score (nSPS) is 12.8. The highest BCUT2D eigenvalue weighted by Crippen LogP contribution is 2.36. The summed E-state index contributed by atoms with van der Waals surface area (Å²) in [5.41, 5.74) is 3.80. The lowest BCUT2D eigenvalue weighted by atomic mass is 10.2. The molecule has 2 heterocycles. The lowest BCUT2D eigenvalue weighted by molar-refractivity contribution is 0.102. The van der Waals surface area contributed by atoms with Crippen LogP contribution in [0.2, 0.25) is 0 Å². The molecule has 0 aliphatic carbocycles. The van der Waals surface area contributed by atoms with Crippen molar-refractivity contribution in [2.45, 2.75) is 18.9 Å². The summed E-state index contributed by atoms with van der Waals surface area (Å²) in [5.74, 6) is -0.160. The van der Waals surface area contributed by atoms with E-state index in [1.165, 1.54) is 12.1 Å². The molecule has 0 fully saturated rings. The number of para-hydroxylation sites is 1. The van der Waals surface area contributed by atoms with Crippen molar-refractivity contribution >= 4 is 40.8 Å². The summed E-state index contributed by atoms with van der Waals surface area (Å²) in [5, 5.41) is 6.28. The van der Waals surface area contributed by atoms with E-state index in [1.54, 1.807) is 53.1 Å². The number of rotatable bonds is 3. The standard InChI is InChI=1S/C23H21FN4O2S/c1-14-13-15(2)25-22-20(14)28(11-12-31-22)23(30)26-17-9-7-16(8-10-17)21(29)27-19-6-4-3-5-18(19)24/h3-10,13H,11-12H2,1-2H3,(H,26,30)(H,27,29). The number of halogens is 1. The first-order valence-electron chi connectivity index (χ1n) is 9.78. The van der Waals surface area contributed by atoms with Gasteiger partial charge in [0.2, 0.25) is 0 Å². The van der Waals surface area contributed by atoms with Crippen LogP contribution >= 0.6 is 11.8 Å². The molecule has 1 aliphatic rings. The van der Waals surface area contributed by atoms with E-state index >= 15 is 0 Å². The van der Waals surface area contributed by atoms with Crippen LogP contribution < -0.4 is 15.5 Å². The van der Waals surface area contributed by atoms with Crippen molar-refractivity contribution in [2.75, 3.05) is 27.8 Å². The number of carbonyl (C=O) groups is 2. The van der Waals surface area contributed by atoms with Gasteiger partial charge in [-0.25, -0.2) is 14.2 Å². The Balaban J connectivity index is 1.46. The van der Waals surface area contributed by atoms with Gasteiger partial charge >= 0.3 is 6.03 Å². The second-order valence-corrected chi connectivity index (χ2v) is 8.26. The van der Waals surface area contributed by atoms with Crippen LogP contribution in [0, 0.1) is 19.7 Å². The highest BCUT2D eigenvalue weighted by molar-refractivity contribution is 7.99. The van der Waals surface area contributed by atoms with Gasteiger partial charge in [0.1, 0.15) is 10.8 Å². The maximum absolute atomic E-state index is 13.7. The fourth-order valence-corrected chi connectivity index (χ4v) is 4.51. The van der Waals surface area contributed by atoms with Gasteiger partial charge in [-0.2, -0.15) is 0 Å². The third-order valence-corrected chi connectivity index (χ3v) is 5.81. The Kier molecular flexibility index (Phi) is 5.90. The Hall–Kier alpha value is -3.39. The number of nitrogens with zero attached hydrogens (tertiary/aromatic N) is 2. The molecule has 4 rings (SSSR count). The molecule has 1 aliphatic heterocycles. The fraction of sp³-hybridized carbons (Fsp3) is 0.174. The zero-order valence-corrected chi connectivity index (χ0v) is 17.9. The number of aryl methyl sites for hydroxylation is 2. The van der Waals surface area contributed by atoms with Crippen LogP contribution in [-0.2, 0) is 0 Å². The number of aromatic nitrogens is 1.